The average Bonchev–Trinajstić information content (AvgIpc) is 3.35. The largest absolute Gasteiger partial charge is 0.379 e. The molecular formula is C23H39N5O3S. The molecule has 2 aliphatic rings. The second kappa shape index (κ2) is 12.6. The van der Waals surface area contributed by atoms with Crippen LogP contribution in [0.5, 0.6) is 0 Å². The van der Waals surface area contributed by atoms with E-state index in [1.54, 1.807) is 4.90 Å². The van der Waals surface area contributed by atoms with Crippen LogP contribution in [-0.4, -0.2) is 104 Å². The number of carbonyl (C=O) groups is 2. The molecule has 1 unspecified atom stereocenters. The van der Waals surface area contributed by atoms with Gasteiger partial charge in [-0.05, 0) is 30.2 Å². The van der Waals surface area contributed by atoms with Gasteiger partial charge in [0.05, 0.1) is 18.1 Å². The number of nitrogens with one attached hydrogen (secondary N) is 1. The van der Waals surface area contributed by atoms with Crippen LogP contribution in [0.3, 0.4) is 0 Å². The van der Waals surface area contributed by atoms with E-state index in [0.717, 1.165) is 52.4 Å². The maximum absolute atomic E-state index is 13.1. The molecule has 2 aliphatic heterocycles. The minimum absolute atomic E-state index is 0.0462. The van der Waals surface area contributed by atoms with E-state index in [1.165, 1.54) is 11.3 Å². The van der Waals surface area contributed by atoms with Crippen LogP contribution in [0, 0.1) is 5.92 Å². The molecular weight excluding hydrogens is 426 g/mol. The van der Waals surface area contributed by atoms with E-state index in [4.69, 9.17) is 10.5 Å². The van der Waals surface area contributed by atoms with Crippen molar-refractivity contribution in [2.75, 3.05) is 65.6 Å². The molecule has 32 heavy (non-hydrogen) atoms. The highest BCUT2D eigenvalue weighted by Gasteiger charge is 2.38. The van der Waals surface area contributed by atoms with Crippen LogP contribution in [0.15, 0.2) is 17.5 Å². The first-order valence-corrected chi connectivity index (χ1v) is 12.7. The van der Waals surface area contributed by atoms with Gasteiger partial charge < -0.3 is 20.7 Å². The maximum atomic E-state index is 13.1. The quantitative estimate of drug-likeness (QED) is 0.538. The lowest BCUT2D eigenvalue weighted by Gasteiger charge is -2.43. The van der Waals surface area contributed by atoms with E-state index in [9.17, 15) is 9.59 Å². The number of carbonyl (C=O) groups excluding carboxylic acids is 2. The van der Waals surface area contributed by atoms with E-state index in [1.807, 2.05) is 17.5 Å². The lowest BCUT2D eigenvalue weighted by atomic mass is 9.93. The fraction of sp³-hybridized carbons (Fsp3) is 0.739. The second-order valence-corrected chi connectivity index (χ2v) is 10.0. The van der Waals surface area contributed by atoms with Gasteiger partial charge in [-0.1, -0.05) is 19.9 Å². The van der Waals surface area contributed by atoms with Gasteiger partial charge in [0.15, 0.2) is 0 Å². The van der Waals surface area contributed by atoms with Gasteiger partial charge in [-0.15, -0.1) is 11.3 Å². The SMILES string of the molecule is CC(C)CN(CCN1CCOCC1)C1CCN(C(=O)c2cccs2)[C@@H](C(=O)NCCN)C1. The van der Waals surface area contributed by atoms with Gasteiger partial charge in [-0.25, -0.2) is 0 Å². The molecule has 2 atom stereocenters. The number of morpholine rings is 1. The topological polar surface area (TPSA) is 91.1 Å². The molecule has 3 heterocycles. The summed E-state index contributed by atoms with van der Waals surface area (Å²) >= 11 is 1.43. The zero-order valence-corrected chi connectivity index (χ0v) is 20.3. The Kier molecular flexibility index (Phi) is 9.92. The number of ether oxygens (including phenoxy) is 1. The van der Waals surface area contributed by atoms with E-state index in [2.05, 4.69) is 29.0 Å². The lowest BCUT2D eigenvalue weighted by molar-refractivity contribution is -0.127. The number of amides is 2. The molecule has 3 N–H and O–H groups in total. The lowest BCUT2D eigenvalue weighted by Crippen LogP contribution is -2.58. The highest BCUT2D eigenvalue weighted by atomic mass is 32.1. The summed E-state index contributed by atoms with van der Waals surface area (Å²) in [4.78, 5) is 33.6. The molecule has 0 radical (unpaired) electrons. The van der Waals surface area contributed by atoms with Gasteiger partial charge in [0.2, 0.25) is 5.91 Å². The minimum atomic E-state index is -0.465. The number of rotatable bonds is 10. The summed E-state index contributed by atoms with van der Waals surface area (Å²) < 4.78 is 5.48. The van der Waals surface area contributed by atoms with Crippen molar-refractivity contribution in [2.24, 2.45) is 11.7 Å². The first-order valence-electron chi connectivity index (χ1n) is 11.9. The second-order valence-electron chi connectivity index (χ2n) is 9.09. The van der Waals surface area contributed by atoms with Crippen LogP contribution in [-0.2, 0) is 9.53 Å². The minimum Gasteiger partial charge on any atom is -0.379 e. The highest BCUT2D eigenvalue weighted by Crippen LogP contribution is 2.26. The van der Waals surface area contributed by atoms with E-state index in [0.29, 0.717) is 36.9 Å². The van der Waals surface area contributed by atoms with Gasteiger partial charge in [0.25, 0.3) is 5.91 Å². The molecule has 0 aromatic carbocycles. The van der Waals surface area contributed by atoms with Crippen LogP contribution < -0.4 is 11.1 Å². The molecule has 9 heteroatoms. The van der Waals surface area contributed by atoms with Gasteiger partial charge >= 0.3 is 0 Å². The zero-order chi connectivity index (χ0) is 22.9. The molecule has 1 aromatic heterocycles. The van der Waals surface area contributed by atoms with Gasteiger partial charge in [-0.2, -0.15) is 0 Å². The first kappa shape index (κ1) is 25.1. The summed E-state index contributed by atoms with van der Waals surface area (Å²) in [6, 6.07) is 3.53. The molecule has 2 saturated heterocycles. The van der Waals surface area contributed by atoms with E-state index >= 15 is 0 Å². The van der Waals surface area contributed by atoms with Crippen LogP contribution >= 0.6 is 11.3 Å². The molecule has 2 fully saturated rings. The van der Waals surface area contributed by atoms with Crippen molar-refractivity contribution in [3.8, 4) is 0 Å². The number of hydrogen-bond acceptors (Lipinski definition) is 7. The molecule has 0 aliphatic carbocycles. The third-order valence-corrected chi connectivity index (χ3v) is 7.09. The Morgan fingerprint density at radius 1 is 1.31 bits per heavy atom. The number of nitrogens with two attached hydrogens (primary N) is 1. The molecule has 1 aromatic rings. The maximum Gasteiger partial charge on any atom is 0.264 e. The average molecular weight is 466 g/mol. The van der Waals surface area contributed by atoms with Crippen molar-refractivity contribution >= 4 is 23.2 Å². The number of thiophene rings is 1. The van der Waals surface area contributed by atoms with Crippen molar-refractivity contribution in [2.45, 2.75) is 38.8 Å². The van der Waals surface area contributed by atoms with Crippen LogP contribution in [0.2, 0.25) is 0 Å². The summed E-state index contributed by atoms with van der Waals surface area (Å²) in [6.45, 7) is 12.4. The summed E-state index contributed by atoms with van der Waals surface area (Å²) in [5, 5.41) is 4.82. The Bertz CT molecular complexity index is 708. The molecule has 2 amide bonds. The van der Waals surface area contributed by atoms with Crippen molar-refractivity contribution in [3.63, 3.8) is 0 Å². The molecule has 180 valence electrons. The predicted molar refractivity (Wildman–Crippen MR) is 128 cm³/mol. The standard InChI is InChI=1S/C23H39N5O3S/c1-18(2)17-27(10-9-26-11-13-31-14-12-26)19-5-8-28(23(30)21-4-3-15-32-21)20(16-19)22(29)25-7-6-24/h3-4,15,18-20H,5-14,16-17,24H2,1-2H3,(H,25,29)/t19?,20-/m1/s1. The van der Waals surface area contributed by atoms with Crippen molar-refractivity contribution < 1.29 is 14.3 Å². The number of likely N-dealkylation sites (tertiary alicyclic amines) is 1. The van der Waals surface area contributed by atoms with Crippen LogP contribution in [0.25, 0.3) is 0 Å². The number of hydrogen-bond donors (Lipinski definition) is 2. The fourth-order valence-electron chi connectivity index (χ4n) is 4.61. The number of nitrogens with zero attached hydrogens (tertiary/aromatic N) is 3. The zero-order valence-electron chi connectivity index (χ0n) is 19.5. The normalized spacial score (nSPS) is 22.5. The van der Waals surface area contributed by atoms with E-state index < -0.39 is 6.04 Å². The van der Waals surface area contributed by atoms with Crippen LogP contribution in [0.4, 0.5) is 0 Å². The third kappa shape index (κ3) is 6.99. The van der Waals surface area contributed by atoms with Crippen molar-refractivity contribution in [1.29, 1.82) is 0 Å². The smallest absolute Gasteiger partial charge is 0.264 e. The number of piperidine rings is 1. The summed E-state index contributed by atoms with van der Waals surface area (Å²) in [6.07, 6.45) is 1.54. The van der Waals surface area contributed by atoms with Crippen LogP contribution in [0.1, 0.15) is 36.4 Å². The Morgan fingerprint density at radius 3 is 2.75 bits per heavy atom. The molecule has 3 rings (SSSR count). The molecule has 0 spiro atoms. The summed E-state index contributed by atoms with van der Waals surface area (Å²) in [5.74, 6) is 0.396. The Morgan fingerprint density at radius 2 is 2.09 bits per heavy atom. The third-order valence-electron chi connectivity index (χ3n) is 6.24. The van der Waals surface area contributed by atoms with Crippen molar-refractivity contribution in [1.82, 2.24) is 20.0 Å². The molecule has 8 nitrogen and oxygen atoms in total. The molecule has 0 saturated carbocycles. The summed E-state index contributed by atoms with van der Waals surface area (Å²) in [7, 11) is 0. The Balaban J connectivity index is 1.70. The van der Waals surface area contributed by atoms with E-state index in [-0.39, 0.29) is 17.9 Å². The van der Waals surface area contributed by atoms with Crippen molar-refractivity contribution in [3.05, 3.63) is 22.4 Å². The van der Waals surface area contributed by atoms with Gasteiger partial charge in [0.1, 0.15) is 6.04 Å². The molecule has 0 bridgehead atoms. The highest BCUT2D eigenvalue weighted by molar-refractivity contribution is 7.12. The Labute approximate surface area is 196 Å². The Hall–Kier alpha value is -1.52. The fourth-order valence-corrected chi connectivity index (χ4v) is 5.29. The summed E-state index contributed by atoms with van der Waals surface area (Å²) in [5.41, 5.74) is 5.60. The first-order chi connectivity index (χ1) is 15.5. The predicted octanol–water partition coefficient (Wildman–Crippen LogP) is 1.09. The van der Waals surface area contributed by atoms with Gasteiger partial charge in [-0.3, -0.25) is 19.4 Å². The monoisotopic (exact) mass is 465 g/mol. The van der Waals surface area contributed by atoms with Gasteiger partial charge in [0, 0.05) is 58.4 Å².